The van der Waals surface area contributed by atoms with Gasteiger partial charge in [0, 0.05) is 12.5 Å². The number of amides is 1. The van der Waals surface area contributed by atoms with Crippen LogP contribution in [0.2, 0.25) is 0 Å². The van der Waals surface area contributed by atoms with Crippen LogP contribution in [0, 0.1) is 10.1 Å². The molecule has 0 unspecified atom stereocenters. The Kier molecular flexibility index (Phi) is 4.86. The number of rotatable bonds is 5. The summed E-state index contributed by atoms with van der Waals surface area (Å²) in [7, 11) is 0. The quantitative estimate of drug-likeness (QED) is 0.370. The molecule has 23 heavy (non-hydrogen) atoms. The second-order valence-corrected chi connectivity index (χ2v) is 5.23. The molecule has 10 heteroatoms. The number of nitro groups is 1. The second-order valence-electron chi connectivity index (χ2n) is 4.22. The first-order valence-corrected chi connectivity index (χ1v) is 7.17. The highest BCUT2D eigenvalue weighted by atomic mass is 32.1. The first-order chi connectivity index (χ1) is 10.9. The number of benzene rings is 1. The third kappa shape index (κ3) is 4.01. The van der Waals surface area contributed by atoms with Gasteiger partial charge in [0.15, 0.2) is 5.13 Å². The fourth-order valence-corrected chi connectivity index (χ4v) is 2.18. The van der Waals surface area contributed by atoms with Crippen molar-refractivity contribution in [3.05, 3.63) is 40.1 Å². The molecule has 0 fully saturated rings. The summed E-state index contributed by atoms with van der Waals surface area (Å²) in [6.07, 6.45) is 1.12. The van der Waals surface area contributed by atoms with Crippen molar-refractivity contribution < 1.29 is 24.4 Å². The van der Waals surface area contributed by atoms with E-state index in [1.54, 1.807) is 6.92 Å². The number of carbonyl (C=O) groups is 2. The number of anilines is 1. The largest absolute Gasteiger partial charge is 0.508 e. The molecule has 9 nitrogen and oxygen atoms in total. The molecule has 120 valence electrons. The minimum Gasteiger partial charge on any atom is -0.508 e. The monoisotopic (exact) mass is 337 g/mol. The molecule has 0 radical (unpaired) electrons. The van der Waals surface area contributed by atoms with E-state index in [2.05, 4.69) is 10.3 Å². The van der Waals surface area contributed by atoms with Gasteiger partial charge in [0.1, 0.15) is 17.7 Å². The number of aromatic nitrogens is 1. The van der Waals surface area contributed by atoms with Gasteiger partial charge >= 0.3 is 11.0 Å². The Balaban J connectivity index is 2.23. The lowest BCUT2D eigenvalue weighted by Gasteiger charge is -2.09. The number of hydrogen-bond donors (Lipinski definition) is 2. The van der Waals surface area contributed by atoms with Gasteiger partial charge in [-0.3, -0.25) is 25.0 Å². The van der Waals surface area contributed by atoms with E-state index in [4.69, 9.17) is 4.74 Å². The molecule has 0 aliphatic rings. The molecule has 0 bridgehead atoms. The molecule has 2 N–H and O–H groups in total. The Morgan fingerprint density at radius 3 is 2.83 bits per heavy atom. The van der Waals surface area contributed by atoms with E-state index < -0.39 is 16.8 Å². The Bertz CT molecular complexity index is 773. The lowest BCUT2D eigenvalue weighted by molar-refractivity contribution is -0.380. The molecule has 0 saturated carbocycles. The smallest absolute Gasteiger partial charge is 0.345 e. The van der Waals surface area contributed by atoms with Crippen LogP contribution in [0.25, 0.3) is 0 Å². The van der Waals surface area contributed by atoms with Gasteiger partial charge in [-0.25, -0.2) is 4.98 Å². The van der Waals surface area contributed by atoms with Crippen molar-refractivity contribution in [1.82, 2.24) is 4.98 Å². The summed E-state index contributed by atoms with van der Waals surface area (Å²) >= 11 is 0.692. The van der Waals surface area contributed by atoms with Crippen LogP contribution in [0.4, 0.5) is 10.1 Å². The number of nitrogens with one attached hydrogen (secondary N) is 1. The van der Waals surface area contributed by atoms with Gasteiger partial charge in [0.2, 0.25) is 0 Å². The molecule has 0 atom stereocenters. The van der Waals surface area contributed by atoms with Gasteiger partial charge in [0.25, 0.3) is 5.91 Å². The zero-order chi connectivity index (χ0) is 17.0. The number of carbonyl (C=O) groups excluding carboxylic acids is 2. The van der Waals surface area contributed by atoms with E-state index in [0.717, 1.165) is 12.3 Å². The van der Waals surface area contributed by atoms with Crippen molar-refractivity contribution >= 4 is 33.3 Å². The lowest BCUT2D eigenvalue weighted by atomic mass is 10.2. The van der Waals surface area contributed by atoms with Crippen molar-refractivity contribution in [2.75, 3.05) is 5.32 Å². The minimum atomic E-state index is -0.673. The number of nitrogens with zero attached hydrogens (tertiary/aromatic N) is 2. The standard InChI is InChI=1S/C13H11N3O6S/c1-2-11(18)22-9-5-7(17)3-4-8(9)12(19)15-13-14-6-10(23-13)16(20)21/h3-6,17H,2H2,1H3,(H,14,15,19). The molecule has 0 spiro atoms. The predicted octanol–water partition coefficient (Wildman–Crippen LogP) is 2.32. The highest BCUT2D eigenvalue weighted by Crippen LogP contribution is 2.28. The number of aromatic hydroxyl groups is 1. The van der Waals surface area contributed by atoms with Crippen molar-refractivity contribution in [2.45, 2.75) is 13.3 Å². The van der Waals surface area contributed by atoms with Crippen LogP contribution in [0.15, 0.2) is 24.4 Å². The number of esters is 1. The summed E-state index contributed by atoms with van der Waals surface area (Å²) in [5.41, 5.74) is -0.0116. The average Bonchev–Trinajstić information content (AvgIpc) is 2.95. The molecule has 1 heterocycles. The van der Waals surface area contributed by atoms with Crippen LogP contribution < -0.4 is 10.1 Å². The van der Waals surface area contributed by atoms with Crippen LogP contribution in [0.5, 0.6) is 11.5 Å². The summed E-state index contributed by atoms with van der Waals surface area (Å²) in [4.78, 5) is 37.3. The van der Waals surface area contributed by atoms with Gasteiger partial charge in [-0.05, 0) is 23.5 Å². The molecule has 0 aliphatic heterocycles. The molecule has 0 aliphatic carbocycles. The summed E-state index contributed by atoms with van der Waals surface area (Å²) in [6.45, 7) is 1.58. The van der Waals surface area contributed by atoms with Crippen LogP contribution in [0.1, 0.15) is 23.7 Å². The van der Waals surface area contributed by atoms with Crippen molar-refractivity contribution in [3.63, 3.8) is 0 Å². The Morgan fingerprint density at radius 2 is 2.22 bits per heavy atom. The predicted molar refractivity (Wildman–Crippen MR) is 80.8 cm³/mol. The number of hydrogen-bond acceptors (Lipinski definition) is 8. The molecular weight excluding hydrogens is 326 g/mol. The van der Waals surface area contributed by atoms with E-state index >= 15 is 0 Å². The molecule has 2 rings (SSSR count). The Labute approximate surface area is 133 Å². The van der Waals surface area contributed by atoms with Gasteiger partial charge in [-0.1, -0.05) is 6.92 Å². The summed E-state index contributed by atoms with van der Waals surface area (Å²) < 4.78 is 4.99. The average molecular weight is 337 g/mol. The van der Waals surface area contributed by atoms with E-state index in [0.29, 0.717) is 11.3 Å². The SMILES string of the molecule is CCC(=O)Oc1cc(O)ccc1C(=O)Nc1ncc([N+](=O)[O-])s1. The Morgan fingerprint density at radius 1 is 1.48 bits per heavy atom. The molecule has 1 aromatic heterocycles. The maximum atomic E-state index is 12.2. The number of phenolic OH excluding ortho intramolecular Hbond substituents is 1. The van der Waals surface area contributed by atoms with E-state index in [9.17, 15) is 24.8 Å². The van der Waals surface area contributed by atoms with Gasteiger partial charge in [-0.15, -0.1) is 0 Å². The Hall–Kier alpha value is -3.01. The number of ether oxygens (including phenoxy) is 1. The zero-order valence-electron chi connectivity index (χ0n) is 11.8. The highest BCUT2D eigenvalue weighted by molar-refractivity contribution is 7.18. The molecule has 2 aromatic rings. The normalized spacial score (nSPS) is 10.1. The second kappa shape index (κ2) is 6.83. The van der Waals surface area contributed by atoms with Crippen LogP contribution >= 0.6 is 11.3 Å². The number of thiazole rings is 1. The van der Waals surface area contributed by atoms with E-state index in [1.807, 2.05) is 0 Å². The fourth-order valence-electron chi connectivity index (χ4n) is 1.55. The van der Waals surface area contributed by atoms with Gasteiger partial charge in [-0.2, -0.15) is 0 Å². The molecule has 0 saturated heterocycles. The molecule has 1 aromatic carbocycles. The third-order valence-corrected chi connectivity index (χ3v) is 3.48. The van der Waals surface area contributed by atoms with Crippen LogP contribution in [-0.4, -0.2) is 26.9 Å². The van der Waals surface area contributed by atoms with Crippen molar-refractivity contribution in [1.29, 1.82) is 0 Å². The van der Waals surface area contributed by atoms with Gasteiger partial charge in [0.05, 0.1) is 10.5 Å². The summed E-state index contributed by atoms with van der Waals surface area (Å²) in [6, 6.07) is 3.65. The minimum absolute atomic E-state index is 0.0116. The molecular formula is C13H11N3O6S. The topological polar surface area (TPSA) is 132 Å². The number of phenols is 1. The fraction of sp³-hybridized carbons (Fsp3) is 0.154. The zero-order valence-corrected chi connectivity index (χ0v) is 12.6. The van der Waals surface area contributed by atoms with E-state index in [1.165, 1.54) is 12.1 Å². The molecule has 1 amide bonds. The van der Waals surface area contributed by atoms with Crippen LogP contribution in [-0.2, 0) is 4.79 Å². The van der Waals surface area contributed by atoms with Crippen molar-refractivity contribution in [2.24, 2.45) is 0 Å². The summed E-state index contributed by atoms with van der Waals surface area (Å²) in [5.74, 6) is -1.53. The maximum absolute atomic E-state index is 12.2. The lowest BCUT2D eigenvalue weighted by Crippen LogP contribution is -2.15. The summed E-state index contributed by atoms with van der Waals surface area (Å²) in [5, 5.41) is 22.2. The van der Waals surface area contributed by atoms with Gasteiger partial charge < -0.3 is 9.84 Å². The first kappa shape index (κ1) is 16.4. The van der Waals surface area contributed by atoms with Crippen molar-refractivity contribution in [3.8, 4) is 11.5 Å². The maximum Gasteiger partial charge on any atom is 0.345 e. The first-order valence-electron chi connectivity index (χ1n) is 6.36. The van der Waals surface area contributed by atoms with E-state index in [-0.39, 0.29) is 33.6 Å². The van der Waals surface area contributed by atoms with Crippen LogP contribution in [0.3, 0.4) is 0 Å². The highest BCUT2D eigenvalue weighted by Gasteiger charge is 2.19. The third-order valence-electron chi connectivity index (χ3n) is 2.62.